The fraction of sp³-hybridized carbons (Fsp3) is 0.227. The van der Waals surface area contributed by atoms with Gasteiger partial charge in [0.25, 0.3) is 5.91 Å². The highest BCUT2D eigenvalue weighted by molar-refractivity contribution is 5.97. The van der Waals surface area contributed by atoms with E-state index in [0.717, 1.165) is 5.56 Å². The van der Waals surface area contributed by atoms with Crippen LogP contribution in [-0.4, -0.2) is 43.1 Å². The molecule has 5 heteroatoms. The van der Waals surface area contributed by atoms with Crippen molar-refractivity contribution in [2.45, 2.75) is 12.8 Å². The zero-order chi connectivity index (χ0) is 19.6. The van der Waals surface area contributed by atoms with E-state index in [1.54, 1.807) is 62.6 Å². The van der Waals surface area contributed by atoms with Crippen molar-refractivity contribution in [1.29, 1.82) is 0 Å². The number of hydrogen-bond donors (Lipinski definition) is 1. The van der Waals surface area contributed by atoms with Crippen molar-refractivity contribution < 1.29 is 14.4 Å². The average molecular weight is 362 g/mol. The number of nitrogens with one attached hydrogen (secondary N) is 1. The number of rotatable bonds is 6. The molecule has 1 N–H and O–H groups in total. The Balaban J connectivity index is 1.75. The summed E-state index contributed by atoms with van der Waals surface area (Å²) in [6.07, 6.45) is 0.307. The minimum atomic E-state index is -0.208. The Hall–Kier alpha value is -3.39. The molecule has 27 heavy (non-hydrogen) atoms. The smallest absolute Gasteiger partial charge is 0.253 e. The van der Waals surface area contributed by atoms with Gasteiger partial charge in [-0.1, -0.05) is 42.2 Å². The molecule has 0 spiro atoms. The summed E-state index contributed by atoms with van der Waals surface area (Å²) in [6.45, 7) is 0.205. The van der Waals surface area contributed by atoms with Crippen molar-refractivity contribution in [1.82, 2.24) is 10.2 Å². The van der Waals surface area contributed by atoms with Crippen molar-refractivity contribution in [3.05, 3.63) is 71.3 Å². The summed E-state index contributed by atoms with van der Waals surface area (Å²) in [5, 5.41) is 2.68. The molecule has 0 saturated heterocycles. The topological polar surface area (TPSA) is 66.5 Å². The number of hydrogen-bond acceptors (Lipinski definition) is 3. The lowest BCUT2D eigenvalue weighted by Crippen LogP contribution is -2.24. The minimum Gasteiger partial charge on any atom is -0.345 e. The lowest BCUT2D eigenvalue weighted by Gasteiger charge is -2.09. The number of benzene rings is 2. The van der Waals surface area contributed by atoms with Gasteiger partial charge >= 0.3 is 0 Å². The third-order valence-corrected chi connectivity index (χ3v) is 3.82. The van der Waals surface area contributed by atoms with Gasteiger partial charge in [0.2, 0.25) is 5.91 Å². The van der Waals surface area contributed by atoms with Crippen molar-refractivity contribution in [2.24, 2.45) is 0 Å². The van der Waals surface area contributed by atoms with E-state index < -0.39 is 0 Å². The van der Waals surface area contributed by atoms with Gasteiger partial charge in [-0.25, -0.2) is 0 Å². The number of carbonyl (C=O) groups is 3. The van der Waals surface area contributed by atoms with E-state index in [2.05, 4.69) is 17.2 Å². The maximum atomic E-state index is 11.9. The first-order valence-corrected chi connectivity index (χ1v) is 8.63. The second-order valence-electron chi connectivity index (χ2n) is 6.14. The number of Topliss-reactive ketones (excluding diaryl/α,β-unsaturated/α-hetero) is 1. The maximum Gasteiger partial charge on any atom is 0.253 e. The Morgan fingerprint density at radius 2 is 1.56 bits per heavy atom. The van der Waals surface area contributed by atoms with E-state index in [9.17, 15) is 14.4 Å². The molecule has 0 atom stereocenters. The maximum absolute atomic E-state index is 11.9. The van der Waals surface area contributed by atoms with Crippen LogP contribution in [0, 0.1) is 11.8 Å². The van der Waals surface area contributed by atoms with Crippen LogP contribution in [0.5, 0.6) is 0 Å². The van der Waals surface area contributed by atoms with Crippen LogP contribution in [0.1, 0.15) is 39.1 Å². The van der Waals surface area contributed by atoms with E-state index in [0.29, 0.717) is 11.1 Å². The van der Waals surface area contributed by atoms with Gasteiger partial charge in [-0.05, 0) is 24.3 Å². The molecular formula is C22H22N2O3. The summed E-state index contributed by atoms with van der Waals surface area (Å²) in [5.41, 5.74) is 1.97. The predicted molar refractivity (Wildman–Crippen MR) is 104 cm³/mol. The summed E-state index contributed by atoms with van der Waals surface area (Å²) < 4.78 is 0. The third kappa shape index (κ3) is 6.44. The predicted octanol–water partition coefficient (Wildman–Crippen LogP) is 2.52. The third-order valence-electron chi connectivity index (χ3n) is 3.82. The van der Waals surface area contributed by atoms with Gasteiger partial charge in [-0.3, -0.25) is 14.4 Å². The van der Waals surface area contributed by atoms with Gasteiger partial charge in [-0.15, -0.1) is 0 Å². The number of amides is 2. The molecule has 2 rings (SSSR count). The highest BCUT2D eigenvalue weighted by Crippen LogP contribution is 2.06. The average Bonchev–Trinajstić information content (AvgIpc) is 2.70. The van der Waals surface area contributed by atoms with Crippen molar-refractivity contribution >= 4 is 17.6 Å². The molecule has 0 aliphatic rings. The van der Waals surface area contributed by atoms with Gasteiger partial charge in [0.05, 0.1) is 6.54 Å². The van der Waals surface area contributed by atoms with Crippen LogP contribution in [0.25, 0.3) is 0 Å². The quantitative estimate of drug-likeness (QED) is 0.634. The molecule has 0 bridgehead atoms. The van der Waals surface area contributed by atoms with Crippen LogP contribution in [-0.2, 0) is 4.79 Å². The van der Waals surface area contributed by atoms with Gasteiger partial charge < -0.3 is 10.2 Å². The Morgan fingerprint density at radius 3 is 2.19 bits per heavy atom. The monoisotopic (exact) mass is 362 g/mol. The van der Waals surface area contributed by atoms with Crippen molar-refractivity contribution in [3.8, 4) is 11.8 Å². The summed E-state index contributed by atoms with van der Waals surface area (Å²) in [5.74, 6) is 5.47. The molecule has 0 heterocycles. The molecule has 0 aromatic heterocycles. The van der Waals surface area contributed by atoms with Gasteiger partial charge in [0.15, 0.2) is 5.78 Å². The molecule has 138 valence electrons. The lowest BCUT2D eigenvalue weighted by molar-refractivity contribution is -0.120. The number of nitrogens with zero attached hydrogens (tertiary/aromatic N) is 1. The van der Waals surface area contributed by atoms with Crippen LogP contribution >= 0.6 is 0 Å². The molecule has 0 aliphatic carbocycles. The van der Waals surface area contributed by atoms with Crippen molar-refractivity contribution in [2.75, 3.05) is 20.6 Å². The Labute approximate surface area is 159 Å². The molecule has 5 nitrogen and oxygen atoms in total. The Morgan fingerprint density at radius 1 is 0.889 bits per heavy atom. The fourth-order valence-electron chi connectivity index (χ4n) is 2.33. The molecule has 0 fully saturated rings. The van der Waals surface area contributed by atoms with E-state index in [-0.39, 0.29) is 37.0 Å². The summed E-state index contributed by atoms with van der Waals surface area (Å²) in [4.78, 5) is 37.1. The molecule has 2 amide bonds. The van der Waals surface area contributed by atoms with Gasteiger partial charge in [0.1, 0.15) is 0 Å². The highest BCUT2D eigenvalue weighted by atomic mass is 16.2. The van der Waals surface area contributed by atoms with E-state index in [1.165, 1.54) is 4.90 Å². The Kier molecular flexibility index (Phi) is 7.33. The van der Waals surface area contributed by atoms with Crippen LogP contribution in [0.3, 0.4) is 0 Å². The molecule has 0 aliphatic heterocycles. The zero-order valence-corrected chi connectivity index (χ0v) is 15.5. The number of carbonyl (C=O) groups excluding carboxylic acids is 3. The van der Waals surface area contributed by atoms with E-state index in [4.69, 9.17) is 0 Å². The molecule has 0 unspecified atom stereocenters. The summed E-state index contributed by atoms with van der Waals surface area (Å²) >= 11 is 0. The SMILES string of the molecule is CN(C)C(=O)c1ccc(C#CCNC(=O)CCC(=O)c2ccccc2)cc1. The van der Waals surface area contributed by atoms with E-state index >= 15 is 0 Å². The molecular weight excluding hydrogens is 340 g/mol. The second kappa shape index (κ2) is 9.93. The van der Waals surface area contributed by atoms with E-state index in [1.807, 2.05) is 6.07 Å². The molecule has 2 aromatic carbocycles. The largest absolute Gasteiger partial charge is 0.345 e. The lowest BCUT2D eigenvalue weighted by atomic mass is 10.1. The highest BCUT2D eigenvalue weighted by Gasteiger charge is 2.08. The van der Waals surface area contributed by atoms with Crippen LogP contribution in [0.4, 0.5) is 0 Å². The standard InChI is InChI=1S/C22H22N2O3/c1-24(2)22(27)19-12-10-17(11-13-19)7-6-16-23-21(26)15-14-20(25)18-8-4-3-5-9-18/h3-5,8-13H,14-16H2,1-2H3,(H,23,26). The fourth-order valence-corrected chi connectivity index (χ4v) is 2.33. The first-order chi connectivity index (χ1) is 13.0. The normalized spacial score (nSPS) is 9.70. The summed E-state index contributed by atoms with van der Waals surface area (Å²) in [6, 6.07) is 15.9. The first-order valence-electron chi connectivity index (χ1n) is 8.63. The van der Waals surface area contributed by atoms with Crippen LogP contribution in [0.2, 0.25) is 0 Å². The van der Waals surface area contributed by atoms with Gasteiger partial charge in [-0.2, -0.15) is 0 Å². The molecule has 0 radical (unpaired) electrons. The second-order valence-corrected chi connectivity index (χ2v) is 6.14. The minimum absolute atomic E-state index is 0.0517. The van der Waals surface area contributed by atoms with Crippen molar-refractivity contribution in [3.63, 3.8) is 0 Å². The van der Waals surface area contributed by atoms with Gasteiger partial charge in [0, 0.05) is 43.6 Å². The van der Waals surface area contributed by atoms with Crippen LogP contribution in [0.15, 0.2) is 54.6 Å². The Bertz CT molecular complexity index is 860. The number of ketones is 1. The summed E-state index contributed by atoms with van der Waals surface area (Å²) in [7, 11) is 3.40. The first kappa shape index (κ1) is 19.9. The zero-order valence-electron chi connectivity index (χ0n) is 15.5. The molecule has 2 aromatic rings. The molecule has 0 saturated carbocycles. The van der Waals surface area contributed by atoms with Crippen LogP contribution < -0.4 is 5.32 Å².